The Kier molecular flexibility index (Phi) is 5.83. The van der Waals surface area contributed by atoms with Crippen molar-refractivity contribution in [1.29, 1.82) is 0 Å². The summed E-state index contributed by atoms with van der Waals surface area (Å²) in [6.07, 6.45) is -0.0527. The van der Waals surface area contributed by atoms with Gasteiger partial charge in [-0.25, -0.2) is 9.18 Å². The van der Waals surface area contributed by atoms with Gasteiger partial charge in [0.25, 0.3) is 5.91 Å². The second-order valence-corrected chi connectivity index (χ2v) is 7.22. The fourth-order valence-corrected chi connectivity index (χ4v) is 4.11. The van der Waals surface area contributed by atoms with Crippen molar-refractivity contribution in [1.82, 2.24) is 10.3 Å². The molecule has 1 saturated heterocycles. The van der Waals surface area contributed by atoms with Crippen LogP contribution in [-0.4, -0.2) is 41.2 Å². The van der Waals surface area contributed by atoms with Crippen LogP contribution in [0.4, 0.5) is 17.6 Å². The zero-order chi connectivity index (χ0) is 21.3. The summed E-state index contributed by atoms with van der Waals surface area (Å²) in [5.41, 5.74) is 9.57. The summed E-state index contributed by atoms with van der Waals surface area (Å²) in [5.74, 6) is -3.45. The Morgan fingerprint density at radius 1 is 1.21 bits per heavy atom. The lowest BCUT2D eigenvalue weighted by atomic mass is 9.86. The second-order valence-electron chi connectivity index (χ2n) is 7.22. The molecule has 1 aromatic carbocycles. The summed E-state index contributed by atoms with van der Waals surface area (Å²) in [4.78, 5) is 23.9. The van der Waals surface area contributed by atoms with Gasteiger partial charge in [-0.1, -0.05) is 0 Å². The first kappa shape index (κ1) is 21.1. The van der Waals surface area contributed by atoms with Gasteiger partial charge in [-0.2, -0.15) is 13.2 Å². The predicted octanol–water partition coefficient (Wildman–Crippen LogP) is 2.99. The number of primary amides is 1. The first-order valence-electron chi connectivity index (χ1n) is 9.27. The lowest BCUT2D eigenvalue weighted by Gasteiger charge is -2.25. The number of fused-ring (bicyclic) bond motifs is 3. The third kappa shape index (κ3) is 4.21. The third-order valence-corrected chi connectivity index (χ3v) is 5.33. The quantitative estimate of drug-likeness (QED) is 0.566. The van der Waals surface area contributed by atoms with Gasteiger partial charge in [0.2, 0.25) is 0 Å². The van der Waals surface area contributed by atoms with E-state index in [1.165, 1.54) is 11.6 Å². The molecule has 5 N–H and O–H groups in total. The van der Waals surface area contributed by atoms with Gasteiger partial charge in [0, 0.05) is 23.2 Å². The predicted molar refractivity (Wildman–Crippen MR) is 97.3 cm³/mol. The number of rotatable bonds is 2. The first-order chi connectivity index (χ1) is 13.6. The van der Waals surface area contributed by atoms with Crippen molar-refractivity contribution in [3.05, 3.63) is 34.3 Å². The summed E-state index contributed by atoms with van der Waals surface area (Å²) >= 11 is 0. The number of nitrogens with one attached hydrogen (secondary N) is 2. The smallest absolute Gasteiger partial charge is 0.475 e. The number of hydrogen-bond donors (Lipinski definition) is 4. The molecular formula is C19H21F4N3O3. The van der Waals surface area contributed by atoms with Crippen LogP contribution in [0.3, 0.4) is 0 Å². The van der Waals surface area contributed by atoms with E-state index in [9.17, 15) is 22.4 Å². The molecule has 6 nitrogen and oxygen atoms in total. The summed E-state index contributed by atoms with van der Waals surface area (Å²) in [6, 6.07) is 1.32. The van der Waals surface area contributed by atoms with Crippen LogP contribution in [-0.2, 0) is 17.6 Å². The molecule has 1 amide bonds. The number of H-pyrrole nitrogens is 1. The highest BCUT2D eigenvalue weighted by Gasteiger charge is 2.38. The van der Waals surface area contributed by atoms with Crippen LogP contribution in [0.5, 0.6) is 0 Å². The van der Waals surface area contributed by atoms with Crippen LogP contribution in [0.25, 0.3) is 10.9 Å². The normalized spacial score (nSPS) is 18.8. The van der Waals surface area contributed by atoms with E-state index in [0.717, 1.165) is 67.4 Å². The molecule has 2 aromatic rings. The molecule has 1 aliphatic heterocycles. The van der Waals surface area contributed by atoms with Crippen LogP contribution in [0, 0.1) is 5.82 Å². The molecule has 4 rings (SSSR count). The van der Waals surface area contributed by atoms with Gasteiger partial charge in [0.15, 0.2) is 0 Å². The second kappa shape index (κ2) is 8.02. The molecule has 0 saturated carbocycles. The van der Waals surface area contributed by atoms with E-state index in [1.807, 2.05) is 0 Å². The number of halogens is 4. The Morgan fingerprint density at radius 2 is 1.90 bits per heavy atom. The number of carbonyl (C=O) groups excluding carboxylic acids is 1. The van der Waals surface area contributed by atoms with Gasteiger partial charge in [0.05, 0.1) is 11.1 Å². The maximum Gasteiger partial charge on any atom is 0.490 e. The molecule has 2 heterocycles. The lowest BCUT2D eigenvalue weighted by Crippen LogP contribution is -2.29. The maximum absolute atomic E-state index is 14.8. The standard InChI is InChI=1S/C17H20FN3O.C2HF3O2/c18-12-7-11(17(19)22)16-15(10-4-1-5-13(10)21-16)14(12)9-3-2-6-20-8-9;3-2(4,5)1(6)7/h7,9,20-21H,1-6,8H2,(H2,19,22);(H,6,7). The van der Waals surface area contributed by atoms with Crippen LogP contribution in [0.15, 0.2) is 6.07 Å². The molecule has 158 valence electrons. The summed E-state index contributed by atoms with van der Waals surface area (Å²) in [5, 5.41) is 11.4. The van der Waals surface area contributed by atoms with Crippen LogP contribution in [0.2, 0.25) is 0 Å². The number of piperidine rings is 1. The molecule has 0 bridgehead atoms. The minimum Gasteiger partial charge on any atom is -0.475 e. The van der Waals surface area contributed by atoms with E-state index in [1.54, 1.807) is 0 Å². The number of aromatic nitrogens is 1. The average molecular weight is 415 g/mol. The third-order valence-electron chi connectivity index (χ3n) is 5.33. The van der Waals surface area contributed by atoms with E-state index in [4.69, 9.17) is 15.6 Å². The number of hydrogen-bond acceptors (Lipinski definition) is 3. The zero-order valence-electron chi connectivity index (χ0n) is 15.5. The van der Waals surface area contributed by atoms with Gasteiger partial charge in [-0.05, 0) is 56.2 Å². The minimum absolute atomic E-state index is 0.165. The number of carboxylic acids is 1. The van der Waals surface area contributed by atoms with E-state index < -0.39 is 18.1 Å². The van der Waals surface area contributed by atoms with E-state index in [0.29, 0.717) is 0 Å². The number of nitrogens with two attached hydrogens (primary N) is 1. The van der Waals surface area contributed by atoms with Gasteiger partial charge in [-0.15, -0.1) is 0 Å². The molecule has 0 radical (unpaired) electrons. The van der Waals surface area contributed by atoms with Crippen molar-refractivity contribution in [3.8, 4) is 0 Å². The molecule has 0 spiro atoms. The topological polar surface area (TPSA) is 108 Å². The number of aryl methyl sites for hydroxylation is 2. The molecule has 1 atom stereocenters. The molecule has 1 unspecified atom stereocenters. The number of amides is 1. The lowest BCUT2D eigenvalue weighted by molar-refractivity contribution is -0.192. The zero-order valence-corrected chi connectivity index (χ0v) is 15.5. The van der Waals surface area contributed by atoms with Gasteiger partial charge >= 0.3 is 12.1 Å². The fourth-order valence-electron chi connectivity index (χ4n) is 4.11. The van der Waals surface area contributed by atoms with Crippen molar-refractivity contribution < 1.29 is 32.3 Å². The van der Waals surface area contributed by atoms with Crippen LogP contribution in [0.1, 0.15) is 52.4 Å². The van der Waals surface area contributed by atoms with Crippen LogP contribution < -0.4 is 11.1 Å². The summed E-state index contributed by atoms with van der Waals surface area (Å²) < 4.78 is 46.6. The molecule has 1 aliphatic carbocycles. The SMILES string of the molecule is NC(=O)c1cc(F)c(C2CCCNC2)c2c3c([nH]c12)CCC3.O=C(O)C(F)(F)F. The monoisotopic (exact) mass is 415 g/mol. The summed E-state index contributed by atoms with van der Waals surface area (Å²) in [6.45, 7) is 1.79. The highest BCUT2D eigenvalue weighted by atomic mass is 19.4. The van der Waals surface area contributed by atoms with Crippen LogP contribution >= 0.6 is 0 Å². The molecule has 10 heteroatoms. The van der Waals surface area contributed by atoms with Gasteiger partial charge < -0.3 is 21.1 Å². The van der Waals surface area contributed by atoms with Crippen molar-refractivity contribution in [3.63, 3.8) is 0 Å². The molecule has 1 aromatic heterocycles. The van der Waals surface area contributed by atoms with Crippen molar-refractivity contribution in [2.45, 2.75) is 44.2 Å². The number of carboxylic acid groups (broad SMARTS) is 1. The largest absolute Gasteiger partial charge is 0.490 e. The maximum atomic E-state index is 14.8. The number of carbonyl (C=O) groups is 2. The number of aliphatic carboxylic acids is 1. The molecule has 29 heavy (non-hydrogen) atoms. The Bertz CT molecular complexity index is 947. The Hall–Kier alpha value is -2.62. The first-order valence-corrected chi connectivity index (χ1v) is 9.27. The van der Waals surface area contributed by atoms with Crippen molar-refractivity contribution in [2.24, 2.45) is 5.73 Å². The molecule has 2 aliphatic rings. The highest BCUT2D eigenvalue weighted by molar-refractivity contribution is 6.07. The van der Waals surface area contributed by atoms with E-state index in [2.05, 4.69) is 10.3 Å². The fraction of sp³-hybridized carbons (Fsp3) is 0.474. The number of aromatic amines is 1. The number of benzene rings is 1. The minimum atomic E-state index is -5.08. The average Bonchev–Trinajstić information content (AvgIpc) is 3.23. The van der Waals surface area contributed by atoms with Gasteiger partial charge in [0.1, 0.15) is 5.82 Å². The van der Waals surface area contributed by atoms with Gasteiger partial charge in [-0.3, -0.25) is 4.79 Å². The Balaban J connectivity index is 0.000000298. The number of alkyl halides is 3. The highest BCUT2D eigenvalue weighted by Crippen LogP contribution is 2.39. The molecular weight excluding hydrogens is 394 g/mol. The Labute approximate surface area is 163 Å². The van der Waals surface area contributed by atoms with E-state index >= 15 is 0 Å². The molecule has 1 fully saturated rings. The summed E-state index contributed by atoms with van der Waals surface area (Å²) in [7, 11) is 0. The van der Waals surface area contributed by atoms with E-state index in [-0.39, 0.29) is 17.3 Å². The van der Waals surface area contributed by atoms with Crippen molar-refractivity contribution in [2.75, 3.05) is 13.1 Å². The van der Waals surface area contributed by atoms with Crippen molar-refractivity contribution >= 4 is 22.8 Å². The Morgan fingerprint density at radius 3 is 2.45 bits per heavy atom.